The number of carbonyl (C=O) groups is 2. The third kappa shape index (κ3) is 4.41. The minimum atomic E-state index is -3.91. The average Bonchev–Trinajstić information content (AvgIpc) is 3.28. The molecular weight excluding hydrogens is 454 g/mol. The molecule has 0 saturated heterocycles. The molecule has 0 fully saturated rings. The first kappa shape index (κ1) is 23.5. The fourth-order valence-corrected chi connectivity index (χ4v) is 5.54. The summed E-state index contributed by atoms with van der Waals surface area (Å²) in [5.41, 5.74) is 3.69. The predicted molar refractivity (Wildman–Crippen MR) is 128 cm³/mol. The van der Waals surface area contributed by atoms with E-state index in [-0.39, 0.29) is 22.0 Å². The fraction of sp³-hybridized carbons (Fsp3) is 0.231. The molecule has 34 heavy (non-hydrogen) atoms. The summed E-state index contributed by atoms with van der Waals surface area (Å²) in [5.74, 6) is -1.02. The SMILES string of the molecule is COc1ccc(S(=O)(=O)N2CCc3ccccc32)cc1C(=O)OCC(=O)c1cc(C)ccc1C. The predicted octanol–water partition coefficient (Wildman–Crippen LogP) is 4.10. The van der Waals surface area contributed by atoms with Crippen LogP contribution in [0.25, 0.3) is 0 Å². The van der Waals surface area contributed by atoms with Crippen molar-refractivity contribution >= 4 is 27.5 Å². The molecule has 3 aromatic carbocycles. The van der Waals surface area contributed by atoms with Crippen molar-refractivity contribution in [3.05, 3.63) is 88.5 Å². The molecule has 1 aliphatic heterocycles. The molecule has 4 rings (SSSR count). The van der Waals surface area contributed by atoms with Gasteiger partial charge in [0.15, 0.2) is 6.61 Å². The molecule has 0 amide bonds. The molecule has 3 aromatic rings. The van der Waals surface area contributed by atoms with Crippen LogP contribution in [0.3, 0.4) is 0 Å². The molecule has 0 atom stereocenters. The largest absolute Gasteiger partial charge is 0.496 e. The van der Waals surface area contributed by atoms with Crippen LogP contribution in [0.15, 0.2) is 65.6 Å². The summed E-state index contributed by atoms with van der Waals surface area (Å²) < 4.78 is 38.6. The minimum absolute atomic E-state index is 0.0576. The number of esters is 1. The maximum atomic E-state index is 13.4. The van der Waals surface area contributed by atoms with Crippen molar-refractivity contribution in [1.29, 1.82) is 0 Å². The number of anilines is 1. The van der Waals surface area contributed by atoms with Crippen molar-refractivity contribution in [2.75, 3.05) is 24.6 Å². The number of benzene rings is 3. The van der Waals surface area contributed by atoms with Crippen LogP contribution in [-0.4, -0.2) is 40.4 Å². The third-order valence-corrected chi connectivity index (χ3v) is 7.66. The molecule has 176 valence electrons. The van der Waals surface area contributed by atoms with Gasteiger partial charge in [0.1, 0.15) is 11.3 Å². The lowest BCUT2D eigenvalue weighted by molar-refractivity contribution is 0.0471. The van der Waals surface area contributed by atoms with E-state index >= 15 is 0 Å². The molecule has 8 heteroatoms. The highest BCUT2D eigenvalue weighted by Gasteiger charge is 2.32. The highest BCUT2D eigenvalue weighted by Crippen LogP contribution is 2.34. The summed E-state index contributed by atoms with van der Waals surface area (Å²) in [6.45, 7) is 3.53. The quantitative estimate of drug-likeness (QED) is 0.374. The smallest absolute Gasteiger partial charge is 0.342 e. The zero-order valence-electron chi connectivity index (χ0n) is 19.2. The third-order valence-electron chi connectivity index (χ3n) is 5.85. The summed E-state index contributed by atoms with van der Waals surface area (Å²) in [4.78, 5) is 25.4. The van der Waals surface area contributed by atoms with Gasteiger partial charge in [-0.3, -0.25) is 9.10 Å². The van der Waals surface area contributed by atoms with Crippen molar-refractivity contribution in [1.82, 2.24) is 0 Å². The number of sulfonamides is 1. The second-order valence-corrected chi connectivity index (χ2v) is 10.00. The molecule has 0 N–H and O–H groups in total. The lowest BCUT2D eigenvalue weighted by Crippen LogP contribution is -2.29. The highest BCUT2D eigenvalue weighted by molar-refractivity contribution is 7.92. The van der Waals surface area contributed by atoms with Gasteiger partial charge in [0, 0.05) is 12.1 Å². The van der Waals surface area contributed by atoms with Crippen molar-refractivity contribution in [3.8, 4) is 5.75 Å². The summed E-state index contributed by atoms with van der Waals surface area (Å²) >= 11 is 0. The Balaban J connectivity index is 1.58. The number of hydrogen-bond acceptors (Lipinski definition) is 6. The van der Waals surface area contributed by atoms with E-state index in [1.807, 2.05) is 38.1 Å². The van der Waals surface area contributed by atoms with Crippen molar-refractivity contribution in [3.63, 3.8) is 0 Å². The molecule has 1 heterocycles. The van der Waals surface area contributed by atoms with Crippen molar-refractivity contribution in [2.45, 2.75) is 25.2 Å². The van der Waals surface area contributed by atoms with E-state index in [0.717, 1.165) is 16.7 Å². The summed E-state index contributed by atoms with van der Waals surface area (Å²) in [6, 6.07) is 16.8. The van der Waals surface area contributed by atoms with Crippen LogP contribution in [0, 0.1) is 13.8 Å². The van der Waals surface area contributed by atoms with Crippen LogP contribution in [-0.2, 0) is 21.2 Å². The van der Waals surface area contributed by atoms with E-state index in [2.05, 4.69) is 0 Å². The number of methoxy groups -OCH3 is 1. The number of ketones is 1. The lowest BCUT2D eigenvalue weighted by Gasteiger charge is -2.20. The number of fused-ring (bicyclic) bond motifs is 1. The van der Waals surface area contributed by atoms with Gasteiger partial charge in [0.25, 0.3) is 10.0 Å². The van der Waals surface area contributed by atoms with E-state index in [1.165, 1.54) is 29.6 Å². The molecule has 1 aliphatic rings. The Kier molecular flexibility index (Phi) is 6.43. The van der Waals surface area contributed by atoms with Crippen LogP contribution in [0.5, 0.6) is 5.75 Å². The second kappa shape index (κ2) is 9.30. The van der Waals surface area contributed by atoms with Crippen LogP contribution in [0.1, 0.15) is 37.4 Å². The Labute approximate surface area is 199 Å². The van der Waals surface area contributed by atoms with Crippen LogP contribution in [0.4, 0.5) is 5.69 Å². The Morgan fingerprint density at radius 2 is 1.74 bits per heavy atom. The molecule has 0 spiro atoms. The normalized spacial score (nSPS) is 12.9. The maximum Gasteiger partial charge on any atom is 0.342 e. The van der Waals surface area contributed by atoms with Gasteiger partial charge in [-0.05, 0) is 61.7 Å². The Morgan fingerprint density at radius 1 is 0.971 bits per heavy atom. The molecule has 0 bridgehead atoms. The topological polar surface area (TPSA) is 90.0 Å². The van der Waals surface area contributed by atoms with E-state index in [1.54, 1.807) is 18.2 Å². The summed E-state index contributed by atoms with van der Waals surface area (Å²) in [7, 11) is -2.54. The van der Waals surface area contributed by atoms with E-state index in [4.69, 9.17) is 9.47 Å². The number of carbonyl (C=O) groups excluding carboxylic acids is 2. The molecule has 0 radical (unpaired) electrons. The van der Waals surface area contributed by atoms with Crippen LogP contribution < -0.4 is 9.04 Å². The fourth-order valence-electron chi connectivity index (χ4n) is 4.01. The van der Waals surface area contributed by atoms with Crippen LogP contribution >= 0.6 is 0 Å². The number of nitrogens with zero attached hydrogens (tertiary/aromatic N) is 1. The lowest BCUT2D eigenvalue weighted by atomic mass is 10.0. The van der Waals surface area contributed by atoms with Gasteiger partial charge in [0.05, 0.1) is 17.7 Å². The highest BCUT2D eigenvalue weighted by atomic mass is 32.2. The summed E-state index contributed by atoms with van der Waals surface area (Å²) in [5, 5.41) is 0. The maximum absolute atomic E-state index is 13.4. The van der Waals surface area contributed by atoms with Gasteiger partial charge >= 0.3 is 5.97 Å². The van der Waals surface area contributed by atoms with Gasteiger partial charge in [0.2, 0.25) is 5.78 Å². The number of aryl methyl sites for hydroxylation is 2. The number of hydrogen-bond donors (Lipinski definition) is 0. The van der Waals surface area contributed by atoms with E-state index in [0.29, 0.717) is 24.2 Å². The first-order valence-electron chi connectivity index (χ1n) is 10.8. The molecule has 0 aliphatic carbocycles. The molecule has 0 saturated carbocycles. The first-order chi connectivity index (χ1) is 16.2. The number of rotatable bonds is 7. The average molecular weight is 480 g/mol. The Hall–Kier alpha value is -3.65. The van der Waals surface area contributed by atoms with Gasteiger partial charge in [-0.15, -0.1) is 0 Å². The zero-order chi connectivity index (χ0) is 24.5. The van der Waals surface area contributed by atoms with Gasteiger partial charge in [-0.2, -0.15) is 0 Å². The van der Waals surface area contributed by atoms with Gasteiger partial charge in [-0.25, -0.2) is 13.2 Å². The Bertz CT molecular complexity index is 1380. The van der Waals surface area contributed by atoms with Gasteiger partial charge in [-0.1, -0.05) is 35.9 Å². The van der Waals surface area contributed by atoms with Crippen LogP contribution in [0.2, 0.25) is 0 Å². The van der Waals surface area contributed by atoms with E-state index in [9.17, 15) is 18.0 Å². The van der Waals surface area contributed by atoms with Gasteiger partial charge < -0.3 is 9.47 Å². The number of para-hydroxylation sites is 1. The number of ether oxygens (including phenoxy) is 2. The van der Waals surface area contributed by atoms with Crippen molar-refractivity contribution < 1.29 is 27.5 Å². The standard InChI is InChI=1S/C26H25NO6S/c1-17-8-9-18(2)21(14-17)24(28)16-33-26(29)22-15-20(10-11-25(22)32-3)34(30,31)27-13-12-19-6-4-5-7-23(19)27/h4-11,14-15H,12-13,16H2,1-3H3. The summed E-state index contributed by atoms with van der Waals surface area (Å²) in [6.07, 6.45) is 0.612. The Morgan fingerprint density at radius 3 is 2.50 bits per heavy atom. The van der Waals surface area contributed by atoms with E-state index < -0.39 is 22.6 Å². The second-order valence-electron chi connectivity index (χ2n) is 8.14. The monoisotopic (exact) mass is 479 g/mol. The zero-order valence-corrected chi connectivity index (χ0v) is 20.0. The minimum Gasteiger partial charge on any atom is -0.496 e. The molecular formula is C26H25NO6S. The van der Waals surface area contributed by atoms with Crippen molar-refractivity contribution in [2.24, 2.45) is 0 Å². The molecule has 7 nitrogen and oxygen atoms in total. The first-order valence-corrected chi connectivity index (χ1v) is 12.2. The number of Topliss-reactive ketones (excluding diaryl/α,β-unsaturated/α-hetero) is 1. The molecule has 0 unspecified atom stereocenters. The molecule has 0 aromatic heterocycles.